The lowest BCUT2D eigenvalue weighted by atomic mass is 9.98. The van der Waals surface area contributed by atoms with Gasteiger partial charge >= 0.3 is 11.9 Å². The Balaban J connectivity index is 2.02. The minimum Gasteiger partial charge on any atom is -0.457 e. The molecule has 0 radical (unpaired) electrons. The summed E-state index contributed by atoms with van der Waals surface area (Å²) in [6.45, 7) is 4.23. The second-order valence-electron chi connectivity index (χ2n) is 7.07. The van der Waals surface area contributed by atoms with Crippen LogP contribution in [-0.4, -0.2) is 39.2 Å². The average Bonchev–Trinajstić information content (AvgIpc) is 3.19. The quantitative estimate of drug-likeness (QED) is 0.310. The summed E-state index contributed by atoms with van der Waals surface area (Å²) in [6.07, 6.45) is 2.58. The molecule has 2 heterocycles. The number of pyridine rings is 1. The largest absolute Gasteiger partial charge is 0.457 e. The first kappa shape index (κ1) is 26.0. The van der Waals surface area contributed by atoms with Crippen molar-refractivity contribution in [2.45, 2.75) is 12.8 Å². The number of rotatable bonds is 8. The van der Waals surface area contributed by atoms with Gasteiger partial charge in [-0.05, 0) is 52.7 Å². The number of halogens is 4. The van der Waals surface area contributed by atoms with Crippen molar-refractivity contribution in [3.8, 4) is 5.82 Å². The number of primary amides is 1. The third-order valence-electron chi connectivity index (χ3n) is 4.64. The minimum absolute atomic E-state index is 0.0327. The fourth-order valence-electron chi connectivity index (χ4n) is 3.06. The standard InChI is InChI=1S/C22H17BrClF2N5O4/c1-3-7-35-21(34)22(25,26)12-8-11(2)17(13(9-12)18(27)32)29-20(33)15-10-16(23)30-31(15)19-14(24)5-4-6-28-19/h3-6,8-10H,1,7H2,2H3,(H2,27,32)(H,29,33). The van der Waals surface area contributed by atoms with Crippen LogP contribution in [0.1, 0.15) is 32.0 Å². The molecule has 0 unspecified atom stereocenters. The van der Waals surface area contributed by atoms with Gasteiger partial charge in [0.2, 0.25) is 0 Å². The third-order valence-corrected chi connectivity index (χ3v) is 5.33. The molecule has 9 nitrogen and oxygen atoms in total. The lowest BCUT2D eigenvalue weighted by Crippen LogP contribution is -2.29. The first-order valence-electron chi connectivity index (χ1n) is 9.76. The maximum absolute atomic E-state index is 14.7. The predicted molar refractivity (Wildman–Crippen MR) is 127 cm³/mol. The summed E-state index contributed by atoms with van der Waals surface area (Å²) in [4.78, 5) is 41.2. The number of amides is 2. The van der Waals surface area contributed by atoms with Crippen molar-refractivity contribution in [3.05, 3.63) is 81.2 Å². The number of hydrogen-bond donors (Lipinski definition) is 2. The van der Waals surface area contributed by atoms with Crippen molar-refractivity contribution >= 4 is 51.0 Å². The Morgan fingerprint density at radius 1 is 1.34 bits per heavy atom. The Kier molecular flexibility index (Phi) is 7.66. The summed E-state index contributed by atoms with van der Waals surface area (Å²) < 4.78 is 35.2. The molecular formula is C22H17BrClF2N5O4. The van der Waals surface area contributed by atoms with Gasteiger partial charge < -0.3 is 15.8 Å². The highest BCUT2D eigenvalue weighted by Crippen LogP contribution is 2.34. The molecule has 2 aromatic heterocycles. The molecule has 35 heavy (non-hydrogen) atoms. The Hall–Kier alpha value is -3.64. The number of aromatic nitrogens is 3. The molecule has 1 aromatic carbocycles. The summed E-state index contributed by atoms with van der Waals surface area (Å²) in [6, 6.07) is 6.19. The van der Waals surface area contributed by atoms with Gasteiger partial charge in [-0.2, -0.15) is 13.9 Å². The van der Waals surface area contributed by atoms with E-state index in [0.29, 0.717) is 0 Å². The van der Waals surface area contributed by atoms with Crippen molar-refractivity contribution in [3.63, 3.8) is 0 Å². The van der Waals surface area contributed by atoms with E-state index in [4.69, 9.17) is 17.3 Å². The van der Waals surface area contributed by atoms with Gasteiger partial charge in [0, 0.05) is 17.8 Å². The van der Waals surface area contributed by atoms with Gasteiger partial charge in [0.1, 0.15) is 16.9 Å². The molecule has 0 aliphatic carbocycles. The monoisotopic (exact) mass is 567 g/mol. The molecule has 0 fully saturated rings. The second-order valence-corrected chi connectivity index (χ2v) is 8.29. The van der Waals surface area contributed by atoms with Crippen LogP contribution in [0.3, 0.4) is 0 Å². The van der Waals surface area contributed by atoms with Crippen LogP contribution >= 0.6 is 27.5 Å². The van der Waals surface area contributed by atoms with Gasteiger partial charge in [0.25, 0.3) is 11.8 Å². The van der Waals surface area contributed by atoms with Crippen molar-refractivity contribution in [2.24, 2.45) is 5.73 Å². The maximum Gasteiger partial charge on any atom is 0.382 e. The van der Waals surface area contributed by atoms with Crippen LogP contribution in [0.4, 0.5) is 14.5 Å². The lowest BCUT2D eigenvalue weighted by Gasteiger charge is -2.19. The molecule has 3 rings (SSSR count). The smallest absolute Gasteiger partial charge is 0.382 e. The van der Waals surface area contributed by atoms with Crippen LogP contribution in [-0.2, 0) is 15.5 Å². The van der Waals surface area contributed by atoms with Crippen LogP contribution in [0, 0.1) is 6.92 Å². The van der Waals surface area contributed by atoms with Gasteiger partial charge in [0.05, 0.1) is 16.3 Å². The molecule has 0 saturated heterocycles. The fraction of sp³-hybridized carbons (Fsp3) is 0.136. The number of benzene rings is 1. The third kappa shape index (κ3) is 5.38. The average molecular weight is 569 g/mol. The van der Waals surface area contributed by atoms with Crippen molar-refractivity contribution < 1.29 is 27.9 Å². The van der Waals surface area contributed by atoms with Gasteiger partial charge in [-0.3, -0.25) is 9.59 Å². The SMILES string of the molecule is C=CCOC(=O)C(F)(F)c1cc(C)c(NC(=O)c2cc(Br)nn2-c2ncccc2Cl)c(C(N)=O)c1. The Morgan fingerprint density at radius 3 is 2.69 bits per heavy atom. The first-order valence-corrected chi connectivity index (χ1v) is 10.9. The lowest BCUT2D eigenvalue weighted by molar-refractivity contribution is -0.172. The number of nitrogens with one attached hydrogen (secondary N) is 1. The Labute approximate surface area is 211 Å². The van der Waals surface area contributed by atoms with Gasteiger partial charge in [0.15, 0.2) is 5.82 Å². The van der Waals surface area contributed by atoms with Crippen molar-refractivity contribution in [2.75, 3.05) is 11.9 Å². The van der Waals surface area contributed by atoms with Crippen LogP contribution < -0.4 is 11.1 Å². The van der Waals surface area contributed by atoms with E-state index >= 15 is 0 Å². The fourth-order valence-corrected chi connectivity index (χ4v) is 3.64. The van der Waals surface area contributed by atoms with E-state index in [0.717, 1.165) is 18.2 Å². The summed E-state index contributed by atoms with van der Waals surface area (Å²) in [5.74, 6) is -7.63. The Morgan fingerprint density at radius 2 is 2.06 bits per heavy atom. The molecule has 13 heteroatoms. The van der Waals surface area contributed by atoms with E-state index in [1.807, 2.05) is 0 Å². The summed E-state index contributed by atoms with van der Waals surface area (Å²) in [7, 11) is 0. The highest BCUT2D eigenvalue weighted by molar-refractivity contribution is 9.10. The van der Waals surface area contributed by atoms with Crippen LogP contribution in [0.2, 0.25) is 5.02 Å². The van der Waals surface area contributed by atoms with Crippen molar-refractivity contribution in [1.82, 2.24) is 14.8 Å². The van der Waals surface area contributed by atoms with Crippen LogP contribution in [0.15, 0.2) is 53.8 Å². The number of nitrogens with zero attached hydrogens (tertiary/aromatic N) is 3. The highest BCUT2D eigenvalue weighted by atomic mass is 79.9. The molecule has 0 saturated carbocycles. The molecule has 0 aliphatic rings. The summed E-state index contributed by atoms with van der Waals surface area (Å²) >= 11 is 9.35. The number of anilines is 1. The number of carbonyl (C=O) groups excluding carboxylic acids is 3. The molecule has 3 N–H and O–H groups in total. The second kappa shape index (κ2) is 10.3. The van der Waals surface area contributed by atoms with Gasteiger partial charge in [-0.1, -0.05) is 24.3 Å². The zero-order chi connectivity index (χ0) is 25.9. The molecule has 0 atom stereocenters. The van der Waals surface area contributed by atoms with E-state index in [9.17, 15) is 23.2 Å². The number of hydrogen-bond acceptors (Lipinski definition) is 6. The topological polar surface area (TPSA) is 129 Å². The number of aryl methyl sites for hydroxylation is 1. The van der Waals surface area contributed by atoms with Crippen molar-refractivity contribution in [1.29, 1.82) is 0 Å². The first-order chi connectivity index (χ1) is 16.5. The molecule has 0 aliphatic heterocycles. The number of carbonyl (C=O) groups is 3. The maximum atomic E-state index is 14.7. The molecular weight excluding hydrogens is 552 g/mol. The summed E-state index contributed by atoms with van der Waals surface area (Å²) in [5.41, 5.74) is 4.01. The van der Waals surface area contributed by atoms with E-state index in [2.05, 4.69) is 42.6 Å². The van der Waals surface area contributed by atoms with E-state index in [1.54, 1.807) is 12.1 Å². The molecule has 2 amide bonds. The Bertz CT molecular complexity index is 1350. The number of alkyl halides is 2. The van der Waals surface area contributed by atoms with Gasteiger partial charge in [-0.15, -0.1) is 0 Å². The van der Waals surface area contributed by atoms with Crippen LogP contribution in [0.5, 0.6) is 0 Å². The van der Waals surface area contributed by atoms with E-state index in [1.165, 1.54) is 23.9 Å². The summed E-state index contributed by atoms with van der Waals surface area (Å²) in [5, 5.41) is 6.86. The molecule has 182 valence electrons. The predicted octanol–water partition coefficient (Wildman–Crippen LogP) is 4.16. The van der Waals surface area contributed by atoms with Gasteiger partial charge in [-0.25, -0.2) is 14.5 Å². The van der Waals surface area contributed by atoms with E-state index < -0.39 is 41.4 Å². The number of ether oxygens (including phenoxy) is 1. The van der Waals surface area contributed by atoms with Crippen LogP contribution in [0.25, 0.3) is 5.82 Å². The zero-order valence-corrected chi connectivity index (χ0v) is 20.4. The molecule has 0 spiro atoms. The molecule has 3 aromatic rings. The van der Waals surface area contributed by atoms with E-state index in [-0.39, 0.29) is 32.4 Å². The minimum atomic E-state index is -4.08. The molecule has 0 bridgehead atoms. The zero-order valence-electron chi connectivity index (χ0n) is 18.0. The number of nitrogens with two attached hydrogens (primary N) is 1. The highest BCUT2D eigenvalue weighted by Gasteiger charge is 2.43. The normalized spacial score (nSPS) is 11.1. The number of esters is 1.